The van der Waals surface area contributed by atoms with Crippen LogP contribution in [0.25, 0.3) is 0 Å². The summed E-state index contributed by atoms with van der Waals surface area (Å²) in [4.78, 5) is 17.1. The number of hydrogen-bond donors (Lipinski definition) is 1. The Hall–Kier alpha value is -1.43. The zero-order valence-corrected chi connectivity index (χ0v) is 11.4. The van der Waals surface area contributed by atoms with E-state index in [1.165, 1.54) is 0 Å². The van der Waals surface area contributed by atoms with Crippen molar-refractivity contribution in [2.45, 2.75) is 40.2 Å². The summed E-state index contributed by atoms with van der Waals surface area (Å²) in [7, 11) is 0. The van der Waals surface area contributed by atoms with E-state index in [2.05, 4.69) is 10.1 Å². The van der Waals surface area contributed by atoms with Crippen LogP contribution in [0.15, 0.2) is 4.52 Å². The van der Waals surface area contributed by atoms with E-state index in [9.17, 15) is 4.79 Å². The van der Waals surface area contributed by atoms with Crippen LogP contribution < -0.4 is 0 Å². The molecule has 0 amide bonds. The Kier molecular flexibility index (Phi) is 5.27. The summed E-state index contributed by atoms with van der Waals surface area (Å²) in [5, 5.41) is 12.8. The fourth-order valence-corrected chi connectivity index (χ4v) is 1.54. The van der Waals surface area contributed by atoms with Crippen molar-refractivity contribution in [1.82, 2.24) is 15.0 Å². The van der Waals surface area contributed by atoms with Crippen molar-refractivity contribution in [2.75, 3.05) is 13.1 Å². The molecule has 1 heterocycles. The molecule has 0 fully saturated rings. The second-order valence-electron chi connectivity index (χ2n) is 4.77. The average Bonchev–Trinajstić information content (AvgIpc) is 2.76. The summed E-state index contributed by atoms with van der Waals surface area (Å²) in [5.74, 6) is 0.246. The standard InChI is InChI=1S/C12H21N3O3/c1-5-15(6-9(4)12(16)17)7-10-13-11(8(2)3)18-14-10/h8-9H,5-7H2,1-4H3,(H,16,17). The quantitative estimate of drug-likeness (QED) is 0.799. The van der Waals surface area contributed by atoms with Gasteiger partial charge in [-0.05, 0) is 6.54 Å². The van der Waals surface area contributed by atoms with Crippen LogP contribution in [0.4, 0.5) is 0 Å². The van der Waals surface area contributed by atoms with Crippen molar-refractivity contribution in [3.8, 4) is 0 Å². The van der Waals surface area contributed by atoms with Crippen LogP contribution in [0, 0.1) is 5.92 Å². The number of carboxylic acid groups (broad SMARTS) is 1. The molecule has 102 valence electrons. The van der Waals surface area contributed by atoms with E-state index in [1.807, 2.05) is 25.7 Å². The average molecular weight is 255 g/mol. The predicted octanol–water partition coefficient (Wildman–Crippen LogP) is 1.74. The second-order valence-corrected chi connectivity index (χ2v) is 4.77. The molecule has 1 N–H and O–H groups in total. The SMILES string of the molecule is CCN(Cc1noc(C(C)C)n1)CC(C)C(=O)O. The molecule has 1 unspecified atom stereocenters. The molecule has 0 spiro atoms. The first-order valence-corrected chi connectivity index (χ1v) is 6.21. The molecular weight excluding hydrogens is 234 g/mol. The van der Waals surface area contributed by atoms with Gasteiger partial charge in [0.05, 0.1) is 12.5 Å². The summed E-state index contributed by atoms with van der Waals surface area (Å²) in [6.07, 6.45) is 0. The van der Waals surface area contributed by atoms with Crippen molar-refractivity contribution in [1.29, 1.82) is 0 Å². The summed E-state index contributed by atoms with van der Waals surface area (Å²) in [6.45, 7) is 9.41. The predicted molar refractivity (Wildman–Crippen MR) is 66.1 cm³/mol. The van der Waals surface area contributed by atoms with Crippen LogP contribution in [0.1, 0.15) is 45.3 Å². The van der Waals surface area contributed by atoms with E-state index < -0.39 is 11.9 Å². The minimum Gasteiger partial charge on any atom is -0.481 e. The highest BCUT2D eigenvalue weighted by Crippen LogP contribution is 2.12. The molecule has 1 aromatic rings. The molecule has 1 rings (SSSR count). The zero-order valence-electron chi connectivity index (χ0n) is 11.4. The van der Waals surface area contributed by atoms with E-state index in [1.54, 1.807) is 6.92 Å². The lowest BCUT2D eigenvalue weighted by atomic mass is 10.1. The van der Waals surface area contributed by atoms with Crippen LogP contribution in [-0.4, -0.2) is 39.2 Å². The van der Waals surface area contributed by atoms with Crippen molar-refractivity contribution in [3.63, 3.8) is 0 Å². The van der Waals surface area contributed by atoms with Crippen molar-refractivity contribution >= 4 is 5.97 Å². The number of nitrogens with zero attached hydrogens (tertiary/aromatic N) is 3. The molecule has 0 aromatic carbocycles. The molecule has 18 heavy (non-hydrogen) atoms. The highest BCUT2D eigenvalue weighted by atomic mass is 16.5. The number of aliphatic carboxylic acids is 1. The lowest BCUT2D eigenvalue weighted by Crippen LogP contribution is -2.31. The Morgan fingerprint density at radius 1 is 1.44 bits per heavy atom. The Morgan fingerprint density at radius 3 is 2.56 bits per heavy atom. The first-order chi connectivity index (χ1) is 8.43. The van der Waals surface area contributed by atoms with Crippen molar-refractivity contribution < 1.29 is 14.4 Å². The van der Waals surface area contributed by atoms with Gasteiger partial charge in [0, 0.05) is 12.5 Å². The largest absolute Gasteiger partial charge is 0.481 e. The fraction of sp³-hybridized carbons (Fsp3) is 0.750. The van der Waals surface area contributed by atoms with Crippen LogP contribution in [0.2, 0.25) is 0 Å². The van der Waals surface area contributed by atoms with Gasteiger partial charge < -0.3 is 9.63 Å². The molecule has 0 aliphatic rings. The first kappa shape index (κ1) is 14.6. The number of hydrogen-bond acceptors (Lipinski definition) is 5. The molecule has 0 radical (unpaired) electrons. The van der Waals surface area contributed by atoms with Gasteiger partial charge >= 0.3 is 5.97 Å². The highest BCUT2D eigenvalue weighted by molar-refractivity contribution is 5.69. The molecular formula is C12H21N3O3. The van der Waals surface area contributed by atoms with Gasteiger partial charge in [0.15, 0.2) is 5.82 Å². The molecule has 1 atom stereocenters. The lowest BCUT2D eigenvalue weighted by molar-refractivity contribution is -0.141. The van der Waals surface area contributed by atoms with Crippen LogP contribution >= 0.6 is 0 Å². The third kappa shape index (κ3) is 4.10. The summed E-state index contributed by atoms with van der Waals surface area (Å²) in [5.41, 5.74) is 0. The molecule has 0 aliphatic heterocycles. The molecule has 0 aliphatic carbocycles. The van der Waals surface area contributed by atoms with Gasteiger partial charge in [0.1, 0.15) is 0 Å². The topological polar surface area (TPSA) is 79.5 Å². The van der Waals surface area contributed by atoms with Gasteiger partial charge in [0.2, 0.25) is 5.89 Å². The summed E-state index contributed by atoms with van der Waals surface area (Å²) in [6, 6.07) is 0. The van der Waals surface area contributed by atoms with Crippen molar-refractivity contribution in [2.24, 2.45) is 5.92 Å². The Balaban J connectivity index is 2.59. The van der Waals surface area contributed by atoms with Gasteiger partial charge in [-0.2, -0.15) is 4.98 Å². The fourth-order valence-electron chi connectivity index (χ4n) is 1.54. The maximum atomic E-state index is 10.8. The minimum atomic E-state index is -0.788. The molecule has 6 heteroatoms. The molecule has 0 saturated carbocycles. The molecule has 6 nitrogen and oxygen atoms in total. The van der Waals surface area contributed by atoms with Crippen LogP contribution in [0.5, 0.6) is 0 Å². The van der Waals surface area contributed by atoms with Gasteiger partial charge in [-0.1, -0.05) is 32.9 Å². The monoisotopic (exact) mass is 255 g/mol. The maximum absolute atomic E-state index is 10.8. The normalized spacial score (nSPS) is 13.2. The third-order valence-corrected chi connectivity index (χ3v) is 2.74. The number of carbonyl (C=O) groups is 1. The number of rotatable bonds is 7. The van der Waals surface area contributed by atoms with E-state index in [4.69, 9.17) is 9.63 Å². The molecule has 0 bridgehead atoms. The zero-order chi connectivity index (χ0) is 13.7. The third-order valence-electron chi connectivity index (χ3n) is 2.74. The maximum Gasteiger partial charge on any atom is 0.307 e. The van der Waals surface area contributed by atoms with Gasteiger partial charge in [-0.3, -0.25) is 9.69 Å². The number of aromatic nitrogens is 2. The second kappa shape index (κ2) is 6.49. The number of carboxylic acids is 1. The molecule has 0 saturated heterocycles. The smallest absolute Gasteiger partial charge is 0.307 e. The van der Waals surface area contributed by atoms with Crippen molar-refractivity contribution in [3.05, 3.63) is 11.7 Å². The highest BCUT2D eigenvalue weighted by Gasteiger charge is 2.17. The van der Waals surface area contributed by atoms with Crippen LogP contribution in [0.3, 0.4) is 0 Å². The molecule has 1 aromatic heterocycles. The first-order valence-electron chi connectivity index (χ1n) is 6.21. The van der Waals surface area contributed by atoms with Crippen LogP contribution in [-0.2, 0) is 11.3 Å². The summed E-state index contributed by atoms with van der Waals surface area (Å²) < 4.78 is 5.12. The van der Waals surface area contributed by atoms with E-state index in [0.717, 1.165) is 6.54 Å². The van der Waals surface area contributed by atoms with Gasteiger partial charge in [-0.25, -0.2) is 0 Å². The lowest BCUT2D eigenvalue weighted by Gasteiger charge is -2.20. The van der Waals surface area contributed by atoms with E-state index in [-0.39, 0.29) is 5.92 Å². The van der Waals surface area contributed by atoms with E-state index >= 15 is 0 Å². The Morgan fingerprint density at radius 2 is 2.11 bits per heavy atom. The summed E-state index contributed by atoms with van der Waals surface area (Å²) >= 11 is 0. The minimum absolute atomic E-state index is 0.208. The Bertz CT molecular complexity index is 390. The van der Waals surface area contributed by atoms with E-state index in [0.29, 0.717) is 24.8 Å². The Labute approximate surface area is 107 Å². The van der Waals surface area contributed by atoms with Gasteiger partial charge in [0.25, 0.3) is 0 Å². The van der Waals surface area contributed by atoms with Gasteiger partial charge in [-0.15, -0.1) is 0 Å².